The van der Waals surface area contributed by atoms with Crippen molar-refractivity contribution in [2.24, 2.45) is 0 Å². The lowest BCUT2D eigenvalue weighted by Gasteiger charge is -2.02. The SMILES string of the molecule is CC(=O)Nc1ccc2nc(NC(=O)c3ccc(C(C)=O)cc3)sc2c1. The van der Waals surface area contributed by atoms with Crippen molar-refractivity contribution >= 4 is 50.0 Å². The highest BCUT2D eigenvalue weighted by atomic mass is 32.1. The third-order valence-electron chi connectivity index (χ3n) is 3.48. The molecule has 2 aromatic carbocycles. The molecule has 0 spiro atoms. The quantitative estimate of drug-likeness (QED) is 0.700. The normalized spacial score (nSPS) is 10.5. The van der Waals surface area contributed by atoms with E-state index in [-0.39, 0.29) is 17.6 Å². The number of thiazole rings is 1. The van der Waals surface area contributed by atoms with Gasteiger partial charge in [-0.15, -0.1) is 0 Å². The van der Waals surface area contributed by atoms with Crippen LogP contribution < -0.4 is 10.6 Å². The third kappa shape index (κ3) is 3.89. The molecule has 0 aliphatic heterocycles. The third-order valence-corrected chi connectivity index (χ3v) is 4.42. The van der Waals surface area contributed by atoms with Crippen LogP contribution in [0.2, 0.25) is 0 Å². The molecule has 2 N–H and O–H groups in total. The van der Waals surface area contributed by atoms with E-state index in [0.717, 1.165) is 10.2 Å². The van der Waals surface area contributed by atoms with Crippen molar-refractivity contribution in [3.8, 4) is 0 Å². The van der Waals surface area contributed by atoms with E-state index >= 15 is 0 Å². The number of carbonyl (C=O) groups is 3. The molecule has 6 nitrogen and oxygen atoms in total. The topological polar surface area (TPSA) is 88.2 Å². The number of nitrogens with zero attached hydrogens (tertiary/aromatic N) is 1. The Balaban J connectivity index is 1.78. The van der Waals surface area contributed by atoms with E-state index in [4.69, 9.17) is 0 Å². The first-order chi connectivity index (χ1) is 11.9. The Hall–Kier alpha value is -3.06. The number of aromatic nitrogens is 1. The molecule has 0 radical (unpaired) electrons. The Bertz CT molecular complexity index is 977. The first kappa shape index (κ1) is 16.8. The van der Waals surface area contributed by atoms with Crippen LogP contribution in [0.3, 0.4) is 0 Å². The number of nitrogens with one attached hydrogen (secondary N) is 2. The van der Waals surface area contributed by atoms with Gasteiger partial charge in [0, 0.05) is 23.7 Å². The molecule has 126 valence electrons. The number of benzene rings is 2. The molecule has 0 unspecified atom stereocenters. The van der Waals surface area contributed by atoms with Gasteiger partial charge >= 0.3 is 0 Å². The summed E-state index contributed by atoms with van der Waals surface area (Å²) in [6.07, 6.45) is 0. The smallest absolute Gasteiger partial charge is 0.257 e. The van der Waals surface area contributed by atoms with E-state index in [0.29, 0.717) is 21.9 Å². The minimum atomic E-state index is -0.295. The highest BCUT2D eigenvalue weighted by Crippen LogP contribution is 2.28. The van der Waals surface area contributed by atoms with Gasteiger partial charge in [0.05, 0.1) is 10.2 Å². The highest BCUT2D eigenvalue weighted by Gasteiger charge is 2.11. The van der Waals surface area contributed by atoms with Crippen LogP contribution in [-0.4, -0.2) is 22.6 Å². The van der Waals surface area contributed by atoms with E-state index in [9.17, 15) is 14.4 Å². The molecule has 0 fully saturated rings. The van der Waals surface area contributed by atoms with Crippen molar-refractivity contribution in [1.82, 2.24) is 4.98 Å². The van der Waals surface area contributed by atoms with E-state index in [1.165, 1.54) is 25.2 Å². The van der Waals surface area contributed by atoms with Gasteiger partial charge in [0.1, 0.15) is 0 Å². The fourth-order valence-corrected chi connectivity index (χ4v) is 3.18. The van der Waals surface area contributed by atoms with Crippen molar-refractivity contribution in [2.75, 3.05) is 10.6 Å². The van der Waals surface area contributed by atoms with Crippen LogP contribution in [-0.2, 0) is 4.79 Å². The minimum Gasteiger partial charge on any atom is -0.326 e. The zero-order valence-corrected chi connectivity index (χ0v) is 14.4. The number of carbonyl (C=O) groups excluding carboxylic acids is 3. The second-order valence-electron chi connectivity index (χ2n) is 5.47. The summed E-state index contributed by atoms with van der Waals surface area (Å²) in [5, 5.41) is 5.93. The Morgan fingerprint density at radius 3 is 2.24 bits per heavy atom. The van der Waals surface area contributed by atoms with E-state index in [1.54, 1.807) is 36.4 Å². The Labute approximate surface area is 147 Å². The lowest BCUT2D eigenvalue weighted by molar-refractivity contribution is -0.114. The maximum Gasteiger partial charge on any atom is 0.257 e. The van der Waals surface area contributed by atoms with Gasteiger partial charge in [-0.1, -0.05) is 23.5 Å². The molecular weight excluding hydrogens is 338 g/mol. The van der Waals surface area contributed by atoms with Gasteiger partial charge in [-0.3, -0.25) is 19.7 Å². The van der Waals surface area contributed by atoms with E-state index < -0.39 is 0 Å². The number of Topliss-reactive ketones (excluding diaryl/α,β-unsaturated/α-hetero) is 1. The second-order valence-corrected chi connectivity index (χ2v) is 6.50. The average molecular weight is 353 g/mol. The van der Waals surface area contributed by atoms with Crippen molar-refractivity contribution in [3.05, 3.63) is 53.6 Å². The van der Waals surface area contributed by atoms with Crippen molar-refractivity contribution < 1.29 is 14.4 Å². The molecule has 7 heteroatoms. The molecule has 0 aliphatic carbocycles. The number of amides is 2. The summed E-state index contributed by atoms with van der Waals surface area (Å²) in [6, 6.07) is 11.8. The summed E-state index contributed by atoms with van der Waals surface area (Å²) >= 11 is 1.32. The molecule has 1 heterocycles. The number of rotatable bonds is 4. The number of hydrogen-bond donors (Lipinski definition) is 2. The maximum absolute atomic E-state index is 12.3. The summed E-state index contributed by atoms with van der Waals surface area (Å²) < 4.78 is 0.855. The van der Waals surface area contributed by atoms with Gasteiger partial charge in [0.25, 0.3) is 5.91 Å². The first-order valence-corrected chi connectivity index (χ1v) is 8.34. The number of fused-ring (bicyclic) bond motifs is 1. The lowest BCUT2D eigenvalue weighted by Crippen LogP contribution is -2.11. The molecular formula is C18H15N3O3S. The summed E-state index contributed by atoms with van der Waals surface area (Å²) in [7, 11) is 0. The van der Waals surface area contributed by atoms with Crippen molar-refractivity contribution in [2.45, 2.75) is 13.8 Å². The molecule has 0 bridgehead atoms. The fraction of sp³-hybridized carbons (Fsp3) is 0.111. The van der Waals surface area contributed by atoms with Gasteiger partial charge < -0.3 is 5.32 Å². The molecule has 0 aliphatic rings. The summed E-state index contributed by atoms with van der Waals surface area (Å²) in [6.45, 7) is 2.92. The number of ketones is 1. The number of anilines is 2. The van der Waals surface area contributed by atoms with Gasteiger partial charge in [0.15, 0.2) is 10.9 Å². The second kappa shape index (κ2) is 6.82. The van der Waals surface area contributed by atoms with Crippen molar-refractivity contribution in [1.29, 1.82) is 0 Å². The van der Waals surface area contributed by atoms with Gasteiger partial charge in [-0.25, -0.2) is 4.98 Å². The maximum atomic E-state index is 12.3. The molecule has 0 saturated carbocycles. The lowest BCUT2D eigenvalue weighted by atomic mass is 10.1. The predicted molar refractivity (Wildman–Crippen MR) is 98.3 cm³/mol. The minimum absolute atomic E-state index is 0.0481. The van der Waals surface area contributed by atoms with Crippen molar-refractivity contribution in [3.63, 3.8) is 0 Å². The van der Waals surface area contributed by atoms with Crippen LogP contribution in [0, 0.1) is 0 Å². The van der Waals surface area contributed by atoms with Crippen LogP contribution in [0.1, 0.15) is 34.6 Å². The zero-order chi connectivity index (χ0) is 18.0. The van der Waals surface area contributed by atoms with Gasteiger partial charge in [-0.2, -0.15) is 0 Å². The molecule has 0 saturated heterocycles. The van der Waals surface area contributed by atoms with Gasteiger partial charge in [0.2, 0.25) is 5.91 Å². The van der Waals surface area contributed by atoms with E-state index in [2.05, 4.69) is 15.6 Å². The first-order valence-electron chi connectivity index (χ1n) is 7.53. The molecule has 3 aromatic rings. The Morgan fingerprint density at radius 1 is 0.920 bits per heavy atom. The molecule has 1 aromatic heterocycles. The van der Waals surface area contributed by atoms with Gasteiger partial charge in [-0.05, 0) is 37.3 Å². The summed E-state index contributed by atoms with van der Waals surface area (Å²) in [5.41, 5.74) is 2.42. The van der Waals surface area contributed by atoms with Crippen LogP contribution in [0.15, 0.2) is 42.5 Å². The molecule has 2 amide bonds. The van der Waals surface area contributed by atoms with Crippen LogP contribution in [0.25, 0.3) is 10.2 Å². The van der Waals surface area contributed by atoms with Crippen LogP contribution in [0.4, 0.5) is 10.8 Å². The Kier molecular flexibility index (Phi) is 4.58. The molecule has 25 heavy (non-hydrogen) atoms. The largest absolute Gasteiger partial charge is 0.326 e. The monoisotopic (exact) mass is 353 g/mol. The molecule has 3 rings (SSSR count). The van der Waals surface area contributed by atoms with Crippen LogP contribution in [0.5, 0.6) is 0 Å². The Morgan fingerprint density at radius 2 is 1.60 bits per heavy atom. The zero-order valence-electron chi connectivity index (χ0n) is 13.6. The molecule has 0 atom stereocenters. The van der Waals surface area contributed by atoms with Crippen LogP contribution >= 0.6 is 11.3 Å². The predicted octanol–water partition coefficient (Wildman–Crippen LogP) is 3.71. The highest BCUT2D eigenvalue weighted by molar-refractivity contribution is 7.22. The summed E-state index contributed by atoms with van der Waals surface area (Å²) in [5.74, 6) is -0.490. The standard InChI is InChI=1S/C18H15N3O3S/c1-10(22)12-3-5-13(6-4-12)17(24)21-18-20-15-8-7-14(19-11(2)23)9-16(15)25-18/h3-9H,1-2H3,(H,19,23)(H,20,21,24). The average Bonchev–Trinajstić information content (AvgIpc) is 2.95. The fourth-order valence-electron chi connectivity index (χ4n) is 2.28. The number of hydrogen-bond acceptors (Lipinski definition) is 5. The summed E-state index contributed by atoms with van der Waals surface area (Å²) in [4.78, 5) is 39.1. The van der Waals surface area contributed by atoms with E-state index in [1.807, 2.05) is 6.07 Å².